The Hall–Kier alpha value is -1.58. The van der Waals surface area contributed by atoms with Crippen LogP contribution < -0.4 is 4.90 Å². The highest BCUT2D eigenvalue weighted by Gasteiger charge is 2.14. The molecule has 0 saturated carbocycles. The molecule has 0 N–H and O–H groups in total. The van der Waals surface area contributed by atoms with Crippen LogP contribution in [0.1, 0.15) is 31.0 Å². The minimum atomic E-state index is -0.148. The van der Waals surface area contributed by atoms with E-state index < -0.39 is 0 Å². The Bertz CT molecular complexity index is 432. The van der Waals surface area contributed by atoms with Gasteiger partial charge in [-0.05, 0) is 37.8 Å². The van der Waals surface area contributed by atoms with Crippen LogP contribution in [0.4, 0.5) is 5.82 Å². The van der Waals surface area contributed by atoms with Gasteiger partial charge in [0.25, 0.3) is 0 Å². The molecular formula is C14H20N2O2. The molecule has 18 heavy (non-hydrogen) atoms. The van der Waals surface area contributed by atoms with E-state index in [2.05, 4.69) is 11.1 Å². The maximum Gasteiger partial charge on any atom is 0.307 e. The molecule has 0 fully saturated rings. The van der Waals surface area contributed by atoms with Crippen LogP contribution in [0.2, 0.25) is 0 Å². The molecule has 1 aliphatic rings. The fraction of sp³-hybridized carbons (Fsp3) is 0.571. The number of ether oxygens (including phenoxy) is 1. The first-order chi connectivity index (χ1) is 8.70. The highest BCUT2D eigenvalue weighted by molar-refractivity contribution is 5.70. The first-order valence-electron chi connectivity index (χ1n) is 6.56. The van der Waals surface area contributed by atoms with Crippen LogP contribution in [0.3, 0.4) is 0 Å². The molecule has 4 heteroatoms. The number of hydrogen-bond acceptors (Lipinski definition) is 4. The number of nitrogens with zero attached hydrogens (tertiary/aromatic N) is 2. The zero-order valence-electron chi connectivity index (χ0n) is 11.1. The van der Waals surface area contributed by atoms with Gasteiger partial charge in [-0.15, -0.1) is 0 Å². The second-order valence-electron chi connectivity index (χ2n) is 4.61. The fourth-order valence-electron chi connectivity index (χ4n) is 2.23. The van der Waals surface area contributed by atoms with Crippen LogP contribution in [0.5, 0.6) is 0 Å². The normalized spacial score (nSPS) is 13.2. The minimum absolute atomic E-state index is 0.148. The van der Waals surface area contributed by atoms with E-state index >= 15 is 0 Å². The summed E-state index contributed by atoms with van der Waals surface area (Å²) >= 11 is 0. The minimum Gasteiger partial charge on any atom is -0.466 e. The predicted octanol–water partition coefficient (Wildman–Crippen LogP) is 1.96. The van der Waals surface area contributed by atoms with Crippen molar-refractivity contribution in [1.82, 2.24) is 4.98 Å². The van der Waals surface area contributed by atoms with E-state index in [0.717, 1.165) is 18.7 Å². The van der Waals surface area contributed by atoms with Gasteiger partial charge in [0, 0.05) is 19.3 Å². The Kier molecular flexibility index (Phi) is 4.18. The highest BCUT2D eigenvalue weighted by atomic mass is 16.5. The number of anilines is 1. The lowest BCUT2D eigenvalue weighted by Gasteiger charge is -2.18. The summed E-state index contributed by atoms with van der Waals surface area (Å²) < 4.78 is 4.92. The number of fused-ring (bicyclic) bond motifs is 1. The Morgan fingerprint density at radius 3 is 3.06 bits per heavy atom. The third kappa shape index (κ3) is 3.00. The van der Waals surface area contributed by atoms with Gasteiger partial charge in [-0.3, -0.25) is 4.79 Å². The molecule has 0 aliphatic heterocycles. The summed E-state index contributed by atoms with van der Waals surface area (Å²) in [6, 6.07) is 4.20. The molecule has 98 valence electrons. The Morgan fingerprint density at radius 1 is 1.44 bits per heavy atom. The van der Waals surface area contributed by atoms with E-state index in [-0.39, 0.29) is 5.97 Å². The maximum absolute atomic E-state index is 11.3. The van der Waals surface area contributed by atoms with Crippen molar-refractivity contribution in [2.45, 2.75) is 32.6 Å². The third-order valence-corrected chi connectivity index (χ3v) is 3.26. The van der Waals surface area contributed by atoms with Gasteiger partial charge in [0.15, 0.2) is 0 Å². The van der Waals surface area contributed by atoms with Gasteiger partial charge in [0.2, 0.25) is 0 Å². The number of pyridine rings is 1. The van der Waals surface area contributed by atoms with E-state index in [1.165, 1.54) is 17.7 Å². The molecule has 1 heterocycles. The number of aromatic nitrogens is 1. The zero-order valence-corrected chi connectivity index (χ0v) is 11.1. The zero-order chi connectivity index (χ0) is 13.0. The van der Waals surface area contributed by atoms with Gasteiger partial charge >= 0.3 is 5.97 Å². The number of aryl methyl sites for hydroxylation is 2. The molecule has 0 spiro atoms. The molecule has 0 amide bonds. The second kappa shape index (κ2) is 5.85. The van der Waals surface area contributed by atoms with Crippen molar-refractivity contribution >= 4 is 11.8 Å². The molecule has 1 aromatic heterocycles. The Labute approximate surface area is 108 Å². The van der Waals surface area contributed by atoms with Gasteiger partial charge < -0.3 is 9.64 Å². The molecule has 1 aliphatic carbocycles. The summed E-state index contributed by atoms with van der Waals surface area (Å²) in [5, 5.41) is 0. The number of carbonyl (C=O) groups excluding carboxylic acids is 1. The molecule has 0 atom stereocenters. The number of hydrogen-bond donors (Lipinski definition) is 0. The SMILES string of the molecule is CCOC(=O)CCN(C)c1ccc2c(n1)CCC2. The van der Waals surface area contributed by atoms with E-state index in [4.69, 9.17) is 4.74 Å². The molecule has 1 aromatic rings. The predicted molar refractivity (Wildman–Crippen MR) is 70.8 cm³/mol. The van der Waals surface area contributed by atoms with Crippen molar-refractivity contribution in [2.24, 2.45) is 0 Å². The summed E-state index contributed by atoms with van der Waals surface area (Å²) in [6.45, 7) is 2.91. The smallest absolute Gasteiger partial charge is 0.307 e. The first-order valence-corrected chi connectivity index (χ1v) is 6.56. The van der Waals surface area contributed by atoms with Crippen LogP contribution in [-0.2, 0) is 22.4 Å². The third-order valence-electron chi connectivity index (χ3n) is 3.26. The van der Waals surface area contributed by atoms with E-state index in [9.17, 15) is 4.79 Å². The lowest BCUT2D eigenvalue weighted by atomic mass is 10.2. The molecule has 0 radical (unpaired) electrons. The van der Waals surface area contributed by atoms with Crippen molar-refractivity contribution in [3.05, 3.63) is 23.4 Å². The molecule has 0 saturated heterocycles. The van der Waals surface area contributed by atoms with Crippen molar-refractivity contribution in [2.75, 3.05) is 25.1 Å². The van der Waals surface area contributed by atoms with Crippen LogP contribution in [0, 0.1) is 0 Å². The number of esters is 1. The molecule has 4 nitrogen and oxygen atoms in total. The van der Waals surface area contributed by atoms with Crippen molar-refractivity contribution in [3.63, 3.8) is 0 Å². The van der Waals surface area contributed by atoms with Crippen molar-refractivity contribution in [3.8, 4) is 0 Å². The number of rotatable bonds is 5. The van der Waals surface area contributed by atoms with Gasteiger partial charge in [-0.25, -0.2) is 4.98 Å². The van der Waals surface area contributed by atoms with Crippen LogP contribution in [0.15, 0.2) is 12.1 Å². The molecule has 0 aromatic carbocycles. The highest BCUT2D eigenvalue weighted by Crippen LogP contribution is 2.22. The fourth-order valence-corrected chi connectivity index (χ4v) is 2.23. The molecule has 0 bridgehead atoms. The van der Waals surface area contributed by atoms with Crippen molar-refractivity contribution in [1.29, 1.82) is 0 Å². The monoisotopic (exact) mass is 248 g/mol. The quantitative estimate of drug-likeness (QED) is 0.747. The average molecular weight is 248 g/mol. The lowest BCUT2D eigenvalue weighted by Crippen LogP contribution is -2.23. The first kappa shape index (κ1) is 12.9. The van der Waals surface area contributed by atoms with E-state index in [1.807, 2.05) is 24.9 Å². The van der Waals surface area contributed by atoms with E-state index in [0.29, 0.717) is 19.6 Å². The summed E-state index contributed by atoms with van der Waals surface area (Å²) in [6.07, 6.45) is 3.84. The topological polar surface area (TPSA) is 42.4 Å². The van der Waals surface area contributed by atoms with Gasteiger partial charge in [0.1, 0.15) is 5.82 Å². The summed E-state index contributed by atoms with van der Waals surface area (Å²) in [4.78, 5) is 18.0. The standard InChI is InChI=1S/C14H20N2O2/c1-3-18-14(17)9-10-16(2)13-8-7-11-5-4-6-12(11)15-13/h7-8H,3-6,9-10H2,1-2H3. The van der Waals surface area contributed by atoms with Gasteiger partial charge in [-0.1, -0.05) is 6.07 Å². The maximum atomic E-state index is 11.3. The van der Waals surface area contributed by atoms with Crippen LogP contribution in [0.25, 0.3) is 0 Å². The van der Waals surface area contributed by atoms with Gasteiger partial charge in [-0.2, -0.15) is 0 Å². The molecule has 0 unspecified atom stereocenters. The number of carbonyl (C=O) groups is 1. The Morgan fingerprint density at radius 2 is 2.28 bits per heavy atom. The van der Waals surface area contributed by atoms with Crippen LogP contribution >= 0.6 is 0 Å². The Balaban J connectivity index is 1.92. The summed E-state index contributed by atoms with van der Waals surface area (Å²) in [5.41, 5.74) is 2.59. The second-order valence-corrected chi connectivity index (χ2v) is 4.61. The summed E-state index contributed by atoms with van der Waals surface area (Å²) in [5.74, 6) is 0.797. The van der Waals surface area contributed by atoms with Gasteiger partial charge in [0.05, 0.1) is 13.0 Å². The molecule has 2 rings (SSSR count). The average Bonchev–Trinajstić information content (AvgIpc) is 2.83. The largest absolute Gasteiger partial charge is 0.466 e. The van der Waals surface area contributed by atoms with Crippen molar-refractivity contribution < 1.29 is 9.53 Å². The van der Waals surface area contributed by atoms with E-state index in [1.54, 1.807) is 0 Å². The van der Waals surface area contributed by atoms with Crippen LogP contribution in [-0.4, -0.2) is 31.2 Å². The summed E-state index contributed by atoms with van der Waals surface area (Å²) in [7, 11) is 1.96. The lowest BCUT2D eigenvalue weighted by molar-refractivity contribution is -0.142. The molecular weight excluding hydrogens is 228 g/mol.